The van der Waals surface area contributed by atoms with Crippen molar-refractivity contribution in [1.82, 2.24) is 29.7 Å². The molecular formula is C23H26ClFN6O. The van der Waals surface area contributed by atoms with Crippen molar-refractivity contribution >= 4 is 22.8 Å². The zero-order chi connectivity index (χ0) is 22.9. The molecule has 9 heteroatoms. The van der Waals surface area contributed by atoms with Gasteiger partial charge < -0.3 is 4.74 Å². The Morgan fingerprint density at radius 2 is 1.78 bits per heavy atom. The molecule has 1 fully saturated rings. The largest absolute Gasteiger partial charge is 0.381 e. The van der Waals surface area contributed by atoms with Gasteiger partial charge in [-0.15, -0.1) is 0 Å². The Morgan fingerprint density at radius 3 is 2.31 bits per heavy atom. The Morgan fingerprint density at radius 1 is 1.03 bits per heavy atom. The summed E-state index contributed by atoms with van der Waals surface area (Å²) in [6.07, 6.45) is 8.93. The Labute approximate surface area is 191 Å². The summed E-state index contributed by atoms with van der Waals surface area (Å²) in [5.74, 6) is -0.447. The van der Waals surface area contributed by atoms with Crippen molar-refractivity contribution in [2.75, 3.05) is 13.2 Å². The Hall–Kier alpha value is -2.97. The Kier molecular flexibility index (Phi) is 8.58. The molecule has 1 saturated heterocycles. The van der Waals surface area contributed by atoms with Crippen LogP contribution >= 0.6 is 11.6 Å². The molecule has 0 atom stereocenters. The second-order valence-corrected chi connectivity index (χ2v) is 7.70. The molecule has 0 N–H and O–H groups in total. The number of aromatic nitrogens is 6. The van der Waals surface area contributed by atoms with Crippen LogP contribution in [0.2, 0.25) is 5.02 Å². The fourth-order valence-electron chi connectivity index (χ4n) is 2.95. The first-order valence-electron chi connectivity index (χ1n) is 10.4. The number of ether oxygens (including phenoxy) is 1. The van der Waals surface area contributed by atoms with E-state index in [0.29, 0.717) is 27.4 Å². The van der Waals surface area contributed by atoms with Crippen molar-refractivity contribution in [2.45, 2.75) is 33.1 Å². The van der Waals surface area contributed by atoms with Gasteiger partial charge in [-0.2, -0.15) is 5.10 Å². The third-order valence-electron chi connectivity index (χ3n) is 4.78. The summed E-state index contributed by atoms with van der Waals surface area (Å²) in [5, 5.41) is 4.17. The summed E-state index contributed by atoms with van der Waals surface area (Å²) in [6, 6.07) is 6.33. The molecule has 0 bridgehead atoms. The lowest BCUT2D eigenvalue weighted by Crippen LogP contribution is -2.03. The lowest BCUT2D eigenvalue weighted by atomic mass is 10.1. The molecular weight excluding hydrogens is 431 g/mol. The lowest BCUT2D eigenvalue weighted by molar-refractivity contribution is 0.0968. The first-order valence-corrected chi connectivity index (χ1v) is 10.8. The number of benzene rings is 1. The van der Waals surface area contributed by atoms with Crippen molar-refractivity contribution in [3.63, 3.8) is 0 Å². The summed E-state index contributed by atoms with van der Waals surface area (Å²) in [6.45, 7) is 5.70. The van der Waals surface area contributed by atoms with Crippen LogP contribution in [0.4, 0.5) is 4.39 Å². The van der Waals surface area contributed by atoms with E-state index in [1.807, 2.05) is 33.2 Å². The number of hydrogen-bond acceptors (Lipinski definition) is 6. The van der Waals surface area contributed by atoms with Gasteiger partial charge in [0.1, 0.15) is 23.4 Å². The highest BCUT2D eigenvalue weighted by Crippen LogP contribution is 2.27. The fraction of sp³-hybridized carbons (Fsp3) is 0.348. The molecule has 4 heterocycles. The third-order valence-corrected chi connectivity index (χ3v) is 5.02. The second-order valence-electron chi connectivity index (χ2n) is 7.27. The van der Waals surface area contributed by atoms with Gasteiger partial charge in [0.15, 0.2) is 5.65 Å². The Bertz CT molecular complexity index is 1140. The monoisotopic (exact) mass is 456 g/mol. The van der Waals surface area contributed by atoms with Gasteiger partial charge in [-0.3, -0.25) is 4.68 Å². The van der Waals surface area contributed by atoms with Crippen molar-refractivity contribution < 1.29 is 9.13 Å². The molecule has 1 aliphatic heterocycles. The first-order chi connectivity index (χ1) is 15.5. The third kappa shape index (κ3) is 6.51. The molecule has 32 heavy (non-hydrogen) atoms. The van der Waals surface area contributed by atoms with Crippen LogP contribution in [0, 0.1) is 19.7 Å². The smallest absolute Gasteiger partial charge is 0.182 e. The quantitative estimate of drug-likeness (QED) is 0.396. The summed E-state index contributed by atoms with van der Waals surface area (Å²) in [7, 11) is 1.89. The van der Waals surface area contributed by atoms with Crippen molar-refractivity contribution in [2.24, 2.45) is 7.05 Å². The summed E-state index contributed by atoms with van der Waals surface area (Å²) < 4.78 is 20.9. The van der Waals surface area contributed by atoms with Gasteiger partial charge in [-0.1, -0.05) is 11.6 Å². The van der Waals surface area contributed by atoms with Crippen LogP contribution in [0.1, 0.15) is 30.7 Å². The van der Waals surface area contributed by atoms with Gasteiger partial charge in [-0.05, 0) is 57.4 Å². The fourth-order valence-corrected chi connectivity index (χ4v) is 3.11. The SMILES string of the molecule is C1CCOCC1.Cc1nc2ncnc(-c3ccc(Cl)cc3F)c2nc1C.Cn1cccn1. The molecule has 0 spiro atoms. The van der Waals surface area contributed by atoms with Crippen LogP contribution in [0.25, 0.3) is 22.4 Å². The van der Waals surface area contributed by atoms with E-state index in [4.69, 9.17) is 16.3 Å². The van der Waals surface area contributed by atoms with Crippen LogP contribution in [0.3, 0.4) is 0 Å². The van der Waals surface area contributed by atoms with Crippen LogP contribution in [0.15, 0.2) is 43.0 Å². The van der Waals surface area contributed by atoms with E-state index in [1.165, 1.54) is 31.7 Å². The average molecular weight is 457 g/mol. The molecule has 4 aromatic rings. The zero-order valence-corrected chi connectivity index (χ0v) is 19.2. The van der Waals surface area contributed by atoms with E-state index < -0.39 is 5.82 Å². The van der Waals surface area contributed by atoms with Gasteiger partial charge in [0.25, 0.3) is 0 Å². The molecule has 0 radical (unpaired) electrons. The van der Waals surface area contributed by atoms with Crippen molar-refractivity contribution in [1.29, 1.82) is 0 Å². The number of hydrogen-bond donors (Lipinski definition) is 0. The summed E-state index contributed by atoms with van der Waals surface area (Å²) in [4.78, 5) is 17.0. The maximum Gasteiger partial charge on any atom is 0.182 e. The maximum absolute atomic E-state index is 14.1. The first kappa shape index (κ1) is 23.7. The highest BCUT2D eigenvalue weighted by molar-refractivity contribution is 6.30. The normalized spacial score (nSPS) is 13.0. The van der Waals surface area contributed by atoms with Gasteiger partial charge in [0.05, 0.1) is 11.4 Å². The predicted molar refractivity (Wildman–Crippen MR) is 123 cm³/mol. The molecule has 7 nitrogen and oxygen atoms in total. The number of rotatable bonds is 1. The second kappa shape index (κ2) is 11.6. The zero-order valence-electron chi connectivity index (χ0n) is 18.4. The predicted octanol–water partition coefficient (Wildman–Crippen LogP) is 5.10. The molecule has 0 aliphatic carbocycles. The van der Waals surface area contributed by atoms with E-state index in [1.54, 1.807) is 23.0 Å². The van der Waals surface area contributed by atoms with E-state index in [-0.39, 0.29) is 0 Å². The minimum atomic E-state index is -0.447. The summed E-state index contributed by atoms with van der Waals surface area (Å²) in [5.41, 5.74) is 3.24. The summed E-state index contributed by atoms with van der Waals surface area (Å²) >= 11 is 5.77. The Balaban J connectivity index is 0.000000195. The van der Waals surface area contributed by atoms with Crippen molar-refractivity contribution in [3.05, 3.63) is 65.2 Å². The molecule has 0 unspecified atom stereocenters. The van der Waals surface area contributed by atoms with Crippen LogP contribution < -0.4 is 0 Å². The van der Waals surface area contributed by atoms with Gasteiger partial charge in [0, 0.05) is 43.2 Å². The molecule has 0 amide bonds. The van der Waals surface area contributed by atoms with Gasteiger partial charge in [0.2, 0.25) is 0 Å². The topological polar surface area (TPSA) is 78.6 Å². The molecule has 3 aromatic heterocycles. The highest BCUT2D eigenvalue weighted by atomic mass is 35.5. The van der Waals surface area contributed by atoms with Crippen LogP contribution in [-0.4, -0.2) is 42.9 Å². The standard InChI is InChI=1S/C14H10ClFN4.C5H10O.C4H6N2/c1-7-8(2)20-14-13(19-7)12(17-6-18-14)10-4-3-9(15)5-11(10)16;1-2-4-6-5-3-1;1-6-4-2-3-5-6/h3-6H,1-2H3;1-5H2;2-4H,1H3. The van der Waals surface area contributed by atoms with E-state index in [2.05, 4.69) is 25.0 Å². The minimum absolute atomic E-state index is 0.333. The molecule has 168 valence electrons. The molecule has 5 rings (SSSR count). The highest BCUT2D eigenvalue weighted by Gasteiger charge is 2.14. The van der Waals surface area contributed by atoms with Crippen LogP contribution in [0.5, 0.6) is 0 Å². The molecule has 1 aromatic carbocycles. The minimum Gasteiger partial charge on any atom is -0.381 e. The number of aryl methyl sites for hydroxylation is 3. The van der Waals surface area contributed by atoms with Crippen LogP contribution in [-0.2, 0) is 11.8 Å². The lowest BCUT2D eigenvalue weighted by Gasteiger charge is -2.08. The number of nitrogens with zero attached hydrogens (tertiary/aromatic N) is 6. The van der Waals surface area contributed by atoms with E-state index in [0.717, 1.165) is 24.6 Å². The average Bonchev–Trinajstić information content (AvgIpc) is 3.28. The van der Waals surface area contributed by atoms with Gasteiger partial charge >= 0.3 is 0 Å². The van der Waals surface area contributed by atoms with E-state index in [9.17, 15) is 4.39 Å². The van der Waals surface area contributed by atoms with E-state index >= 15 is 0 Å². The number of fused-ring (bicyclic) bond motifs is 1. The van der Waals surface area contributed by atoms with Gasteiger partial charge in [-0.25, -0.2) is 24.3 Å². The molecule has 0 saturated carbocycles. The maximum atomic E-state index is 14.1. The molecule has 1 aliphatic rings. The number of halogens is 2. The van der Waals surface area contributed by atoms with Crippen molar-refractivity contribution in [3.8, 4) is 11.3 Å².